The molecule has 0 rings (SSSR count). The Morgan fingerprint density at radius 2 is 0.773 bits per heavy atom. The number of esters is 1. The lowest BCUT2D eigenvalue weighted by molar-refractivity contribution is -0.143. The van der Waals surface area contributed by atoms with Crippen molar-refractivity contribution >= 4 is 11.9 Å². The fourth-order valence-corrected chi connectivity index (χ4v) is 9.22. The molecule has 0 radical (unpaired) electrons. The molecule has 6 heteroatoms. The molecule has 0 bridgehead atoms. The van der Waals surface area contributed by atoms with E-state index in [1.807, 2.05) is 6.08 Å². The zero-order valence-corrected chi connectivity index (χ0v) is 44.4. The highest BCUT2D eigenvalue weighted by molar-refractivity contribution is 5.76. The average molecular weight is 931 g/mol. The van der Waals surface area contributed by atoms with Crippen molar-refractivity contribution in [1.29, 1.82) is 0 Å². The summed E-state index contributed by atoms with van der Waals surface area (Å²) in [5.41, 5.74) is 0. The standard InChI is InChI=1S/C60H115NO5/c1-3-5-7-9-11-13-15-17-18-19-20-21-22-23-24-25-26-27-29-32-36-40-44-48-52-58(63)57(56-62)61-59(64)53-49-45-41-37-33-30-28-31-35-39-43-47-51-55-66-60(65)54-50-46-42-38-34-16-14-12-10-8-6-4-2/h30,33,41,45,57-58,62-63H,3-29,31-32,34-40,42-44,46-56H2,1-2H3,(H,61,64)/b33-30-,45-41-. The topological polar surface area (TPSA) is 95.9 Å². The van der Waals surface area contributed by atoms with Gasteiger partial charge in [-0.15, -0.1) is 0 Å². The first-order valence-corrected chi connectivity index (χ1v) is 29.6. The Bertz CT molecular complexity index is 1030. The van der Waals surface area contributed by atoms with E-state index in [1.54, 1.807) is 0 Å². The SMILES string of the molecule is CCCCCCCCCCCCCCCCCCCCCCCCCCC(O)C(CO)NC(=O)CC/C=C\C/C=C\CCCCCCCCOC(=O)CCCCCCCCCCCCCC. The number of ether oxygens (including phenoxy) is 1. The molecule has 390 valence electrons. The molecule has 0 saturated heterocycles. The number of unbranched alkanes of at least 4 members (excludes halogenated alkanes) is 40. The van der Waals surface area contributed by atoms with Crippen LogP contribution in [0.1, 0.15) is 322 Å². The summed E-state index contributed by atoms with van der Waals surface area (Å²) in [5, 5.41) is 23.3. The lowest BCUT2D eigenvalue weighted by Gasteiger charge is -2.22. The van der Waals surface area contributed by atoms with E-state index in [-0.39, 0.29) is 18.5 Å². The number of carbonyl (C=O) groups excluding carboxylic acids is 2. The Hall–Kier alpha value is -1.66. The molecule has 2 unspecified atom stereocenters. The summed E-state index contributed by atoms with van der Waals surface area (Å²) in [6.45, 7) is 4.91. The molecule has 6 nitrogen and oxygen atoms in total. The maximum atomic E-state index is 12.5. The number of carbonyl (C=O) groups is 2. The largest absolute Gasteiger partial charge is 0.466 e. The molecule has 0 fully saturated rings. The van der Waals surface area contributed by atoms with Crippen molar-refractivity contribution in [2.24, 2.45) is 0 Å². The number of aliphatic hydroxyl groups is 2. The van der Waals surface area contributed by atoms with Gasteiger partial charge in [-0.1, -0.05) is 289 Å². The van der Waals surface area contributed by atoms with Crippen molar-refractivity contribution in [2.45, 2.75) is 334 Å². The first-order chi connectivity index (χ1) is 32.5. The average Bonchev–Trinajstić information content (AvgIpc) is 3.32. The summed E-state index contributed by atoms with van der Waals surface area (Å²) in [6.07, 6.45) is 67.6. The van der Waals surface area contributed by atoms with Gasteiger partial charge in [0.05, 0.1) is 25.4 Å². The summed E-state index contributed by atoms with van der Waals surface area (Å²) in [4.78, 5) is 24.5. The van der Waals surface area contributed by atoms with Gasteiger partial charge in [0.1, 0.15) is 0 Å². The minimum Gasteiger partial charge on any atom is -0.466 e. The second-order valence-electron chi connectivity index (χ2n) is 20.3. The Balaban J connectivity index is 3.52. The molecule has 0 aliphatic carbocycles. The van der Waals surface area contributed by atoms with Gasteiger partial charge in [-0.25, -0.2) is 0 Å². The predicted octanol–water partition coefficient (Wildman–Crippen LogP) is 18.2. The molecule has 0 aliphatic heterocycles. The fourth-order valence-electron chi connectivity index (χ4n) is 9.22. The molecule has 66 heavy (non-hydrogen) atoms. The highest BCUT2D eigenvalue weighted by Gasteiger charge is 2.19. The predicted molar refractivity (Wildman–Crippen MR) is 287 cm³/mol. The lowest BCUT2D eigenvalue weighted by Crippen LogP contribution is -2.45. The zero-order valence-electron chi connectivity index (χ0n) is 44.4. The molecular weight excluding hydrogens is 815 g/mol. The van der Waals surface area contributed by atoms with Gasteiger partial charge in [0.15, 0.2) is 0 Å². The second kappa shape index (κ2) is 55.9. The molecule has 0 heterocycles. The van der Waals surface area contributed by atoms with Crippen LogP contribution in [0.25, 0.3) is 0 Å². The molecule has 0 aromatic carbocycles. The third-order valence-corrected chi connectivity index (χ3v) is 13.8. The highest BCUT2D eigenvalue weighted by atomic mass is 16.5. The van der Waals surface area contributed by atoms with E-state index in [0.717, 1.165) is 51.4 Å². The number of hydrogen-bond donors (Lipinski definition) is 3. The summed E-state index contributed by atoms with van der Waals surface area (Å²) in [7, 11) is 0. The van der Waals surface area contributed by atoms with Crippen molar-refractivity contribution in [2.75, 3.05) is 13.2 Å². The molecule has 0 aliphatic rings. The van der Waals surface area contributed by atoms with Crippen LogP contribution in [-0.4, -0.2) is 47.4 Å². The maximum absolute atomic E-state index is 12.5. The van der Waals surface area contributed by atoms with Gasteiger partial charge >= 0.3 is 5.97 Å². The highest BCUT2D eigenvalue weighted by Crippen LogP contribution is 2.18. The second-order valence-corrected chi connectivity index (χ2v) is 20.3. The zero-order chi connectivity index (χ0) is 47.9. The molecule has 0 spiro atoms. The summed E-state index contributed by atoms with van der Waals surface area (Å²) >= 11 is 0. The number of rotatable bonds is 55. The molecule has 0 aromatic heterocycles. The first-order valence-electron chi connectivity index (χ1n) is 29.6. The van der Waals surface area contributed by atoms with Gasteiger partial charge in [0.25, 0.3) is 0 Å². The fraction of sp³-hybridized carbons (Fsp3) is 0.900. The van der Waals surface area contributed by atoms with Crippen LogP contribution in [0.2, 0.25) is 0 Å². The molecule has 1 amide bonds. The van der Waals surface area contributed by atoms with Gasteiger partial charge in [-0.05, 0) is 44.9 Å². The third-order valence-electron chi connectivity index (χ3n) is 13.8. The van der Waals surface area contributed by atoms with Gasteiger partial charge < -0.3 is 20.3 Å². The number of amides is 1. The Morgan fingerprint density at radius 3 is 1.18 bits per heavy atom. The van der Waals surface area contributed by atoms with Gasteiger partial charge in [0, 0.05) is 12.8 Å². The first kappa shape index (κ1) is 64.3. The van der Waals surface area contributed by atoms with Crippen molar-refractivity contribution < 1.29 is 24.5 Å². The van der Waals surface area contributed by atoms with E-state index in [2.05, 4.69) is 37.4 Å². The van der Waals surface area contributed by atoms with Crippen molar-refractivity contribution in [3.63, 3.8) is 0 Å². The number of allylic oxidation sites excluding steroid dienone is 4. The Kier molecular flexibility index (Phi) is 54.5. The molecule has 2 atom stereocenters. The number of hydrogen-bond acceptors (Lipinski definition) is 5. The minimum atomic E-state index is -0.700. The summed E-state index contributed by atoms with van der Waals surface area (Å²) in [5.74, 6) is -0.128. The molecule has 0 saturated carbocycles. The quantitative estimate of drug-likeness (QED) is 0.0321. The summed E-state index contributed by atoms with van der Waals surface area (Å²) in [6, 6.07) is -0.586. The molecule has 3 N–H and O–H groups in total. The monoisotopic (exact) mass is 930 g/mol. The normalized spacial score (nSPS) is 12.7. The maximum Gasteiger partial charge on any atom is 0.305 e. The van der Waals surface area contributed by atoms with E-state index in [9.17, 15) is 19.8 Å². The third kappa shape index (κ3) is 51.7. The van der Waals surface area contributed by atoms with Crippen molar-refractivity contribution in [3.8, 4) is 0 Å². The van der Waals surface area contributed by atoms with Gasteiger partial charge in [-0.2, -0.15) is 0 Å². The van der Waals surface area contributed by atoms with Gasteiger partial charge in [-0.3, -0.25) is 9.59 Å². The Labute approximate surface area is 411 Å². The Morgan fingerprint density at radius 1 is 0.424 bits per heavy atom. The van der Waals surface area contributed by atoms with Crippen LogP contribution >= 0.6 is 0 Å². The van der Waals surface area contributed by atoms with E-state index < -0.39 is 12.1 Å². The summed E-state index contributed by atoms with van der Waals surface area (Å²) < 4.78 is 5.45. The van der Waals surface area contributed by atoms with Crippen LogP contribution in [-0.2, 0) is 14.3 Å². The van der Waals surface area contributed by atoms with E-state index >= 15 is 0 Å². The molecule has 0 aromatic rings. The van der Waals surface area contributed by atoms with Crippen LogP contribution in [0.4, 0.5) is 0 Å². The smallest absolute Gasteiger partial charge is 0.305 e. The van der Waals surface area contributed by atoms with Crippen LogP contribution < -0.4 is 5.32 Å². The van der Waals surface area contributed by atoms with Crippen LogP contribution in [0.3, 0.4) is 0 Å². The number of aliphatic hydroxyl groups excluding tert-OH is 2. The van der Waals surface area contributed by atoms with E-state index in [4.69, 9.17) is 4.74 Å². The lowest BCUT2D eigenvalue weighted by atomic mass is 10.0. The van der Waals surface area contributed by atoms with Crippen LogP contribution in [0.5, 0.6) is 0 Å². The van der Waals surface area contributed by atoms with Crippen LogP contribution in [0.15, 0.2) is 24.3 Å². The van der Waals surface area contributed by atoms with Crippen molar-refractivity contribution in [3.05, 3.63) is 24.3 Å². The van der Waals surface area contributed by atoms with Crippen LogP contribution in [0, 0.1) is 0 Å². The van der Waals surface area contributed by atoms with Crippen molar-refractivity contribution in [1.82, 2.24) is 5.32 Å². The van der Waals surface area contributed by atoms with E-state index in [1.165, 1.54) is 231 Å². The van der Waals surface area contributed by atoms with Gasteiger partial charge in [0.2, 0.25) is 5.91 Å². The number of nitrogens with one attached hydrogen (secondary N) is 1. The minimum absolute atomic E-state index is 0.0156. The molecular formula is C60H115NO5. The van der Waals surface area contributed by atoms with E-state index in [0.29, 0.717) is 32.3 Å².